The first-order valence-electron chi connectivity index (χ1n) is 7.76. The quantitative estimate of drug-likeness (QED) is 0.887. The van der Waals surface area contributed by atoms with Crippen molar-refractivity contribution in [1.29, 1.82) is 0 Å². The lowest BCUT2D eigenvalue weighted by atomic mass is 10.1. The average Bonchev–Trinajstić information content (AvgIpc) is 2.79. The van der Waals surface area contributed by atoms with Crippen LogP contribution in [0.5, 0.6) is 0 Å². The number of nitrogens with one attached hydrogen (secondary N) is 2. The number of halogens is 1. The molecule has 0 aromatic heterocycles. The van der Waals surface area contributed by atoms with Crippen LogP contribution in [-0.2, 0) is 4.74 Å². The van der Waals surface area contributed by atoms with E-state index in [1.165, 1.54) is 6.07 Å². The third-order valence-electron chi connectivity index (χ3n) is 3.72. The molecule has 1 amide bonds. The Bertz CT molecular complexity index is 520. The predicted molar refractivity (Wildman–Crippen MR) is 85.6 cm³/mol. The van der Waals surface area contributed by atoms with Gasteiger partial charge in [-0.1, -0.05) is 12.1 Å². The van der Waals surface area contributed by atoms with Crippen LogP contribution in [0.3, 0.4) is 0 Å². The Morgan fingerprint density at radius 3 is 2.59 bits per heavy atom. The topological polar surface area (TPSA) is 50.4 Å². The number of rotatable bonds is 3. The van der Waals surface area contributed by atoms with Crippen molar-refractivity contribution in [2.75, 3.05) is 5.32 Å². The normalized spacial score (nSPS) is 21.5. The van der Waals surface area contributed by atoms with Crippen LogP contribution >= 0.6 is 0 Å². The molecule has 2 N–H and O–H groups in total. The van der Waals surface area contributed by atoms with Crippen molar-refractivity contribution >= 4 is 11.8 Å². The van der Waals surface area contributed by atoms with Crippen LogP contribution in [0.2, 0.25) is 0 Å². The van der Waals surface area contributed by atoms with Gasteiger partial charge in [0, 0.05) is 12.1 Å². The lowest BCUT2D eigenvalue weighted by molar-refractivity contribution is 0.0505. The lowest BCUT2D eigenvalue weighted by Crippen LogP contribution is -2.38. The van der Waals surface area contributed by atoms with E-state index in [0.29, 0.717) is 5.69 Å². The highest BCUT2D eigenvalue weighted by Gasteiger charge is 2.28. The lowest BCUT2D eigenvalue weighted by Gasteiger charge is -2.22. The first-order valence-corrected chi connectivity index (χ1v) is 7.76. The molecular formula is C17H25FN2O2. The highest BCUT2D eigenvalue weighted by atomic mass is 19.1. The fourth-order valence-electron chi connectivity index (χ4n) is 2.74. The minimum Gasteiger partial charge on any atom is -0.444 e. The summed E-state index contributed by atoms with van der Waals surface area (Å²) in [5, 5.41) is 6.15. The maximum absolute atomic E-state index is 13.8. The molecule has 2 unspecified atom stereocenters. The number of amides is 1. The summed E-state index contributed by atoms with van der Waals surface area (Å²) in [6.07, 6.45) is 2.14. The number of benzene rings is 1. The summed E-state index contributed by atoms with van der Waals surface area (Å²) in [6.45, 7) is 7.41. The van der Waals surface area contributed by atoms with Gasteiger partial charge in [0.1, 0.15) is 11.4 Å². The van der Waals surface area contributed by atoms with Gasteiger partial charge in [0.05, 0.1) is 5.69 Å². The highest BCUT2D eigenvalue weighted by Crippen LogP contribution is 2.26. The summed E-state index contributed by atoms with van der Waals surface area (Å²) in [7, 11) is 0. The second kappa shape index (κ2) is 6.55. The number of aryl methyl sites for hydroxylation is 1. The Labute approximate surface area is 131 Å². The Kier molecular flexibility index (Phi) is 4.94. The first kappa shape index (κ1) is 16.6. The van der Waals surface area contributed by atoms with E-state index in [1.807, 2.05) is 33.8 Å². The van der Waals surface area contributed by atoms with Gasteiger partial charge in [-0.05, 0) is 58.6 Å². The Hall–Kier alpha value is -1.78. The van der Waals surface area contributed by atoms with Crippen molar-refractivity contribution in [3.63, 3.8) is 0 Å². The van der Waals surface area contributed by atoms with Crippen molar-refractivity contribution in [1.82, 2.24) is 5.32 Å². The van der Waals surface area contributed by atoms with Gasteiger partial charge in [-0.2, -0.15) is 0 Å². The third kappa shape index (κ3) is 4.61. The van der Waals surface area contributed by atoms with Crippen LogP contribution in [0.1, 0.15) is 45.6 Å². The van der Waals surface area contributed by atoms with Crippen LogP contribution in [0.25, 0.3) is 0 Å². The Balaban J connectivity index is 1.87. The number of alkyl carbamates (subject to hydrolysis) is 1. The van der Waals surface area contributed by atoms with Gasteiger partial charge in [0.15, 0.2) is 0 Å². The van der Waals surface area contributed by atoms with Crippen molar-refractivity contribution in [3.05, 3.63) is 29.6 Å². The van der Waals surface area contributed by atoms with E-state index in [4.69, 9.17) is 4.74 Å². The monoisotopic (exact) mass is 308 g/mol. The molecule has 1 saturated carbocycles. The summed E-state index contributed by atoms with van der Waals surface area (Å²) in [6, 6.07) is 5.28. The molecular weight excluding hydrogens is 283 g/mol. The van der Waals surface area contributed by atoms with Crippen molar-refractivity contribution in [2.24, 2.45) is 0 Å². The van der Waals surface area contributed by atoms with Gasteiger partial charge < -0.3 is 15.4 Å². The number of ether oxygens (including phenoxy) is 1. The molecule has 0 saturated heterocycles. The molecule has 1 aliphatic rings. The van der Waals surface area contributed by atoms with Crippen molar-refractivity contribution < 1.29 is 13.9 Å². The number of para-hydroxylation sites is 1. The maximum atomic E-state index is 13.8. The zero-order valence-corrected chi connectivity index (χ0v) is 13.7. The standard InChI is InChI=1S/C17H25FN2O2/c1-11-6-5-7-14(18)15(11)19-12-8-9-13(10-12)20-16(21)22-17(2,3)4/h5-7,12-13,19H,8-10H2,1-4H3,(H,20,21). The second-order valence-electron chi connectivity index (χ2n) is 6.93. The van der Waals surface area contributed by atoms with E-state index in [0.717, 1.165) is 24.8 Å². The number of carbonyl (C=O) groups is 1. The van der Waals surface area contributed by atoms with E-state index in [9.17, 15) is 9.18 Å². The van der Waals surface area contributed by atoms with Crippen LogP contribution < -0.4 is 10.6 Å². The van der Waals surface area contributed by atoms with Gasteiger partial charge >= 0.3 is 6.09 Å². The zero-order chi connectivity index (χ0) is 16.3. The summed E-state index contributed by atoms with van der Waals surface area (Å²) in [5.74, 6) is -0.233. The summed E-state index contributed by atoms with van der Waals surface area (Å²) in [4.78, 5) is 11.8. The van der Waals surface area contributed by atoms with Gasteiger partial charge in [-0.15, -0.1) is 0 Å². The Morgan fingerprint density at radius 2 is 1.95 bits per heavy atom. The molecule has 5 heteroatoms. The number of carbonyl (C=O) groups excluding carboxylic acids is 1. The maximum Gasteiger partial charge on any atom is 0.407 e. The fourth-order valence-corrected chi connectivity index (χ4v) is 2.74. The van der Waals surface area contributed by atoms with Gasteiger partial charge in [0.25, 0.3) is 0 Å². The summed E-state index contributed by atoms with van der Waals surface area (Å²) in [5.41, 5.74) is 0.957. The van der Waals surface area contributed by atoms with E-state index >= 15 is 0 Å². The summed E-state index contributed by atoms with van der Waals surface area (Å²) < 4.78 is 19.1. The molecule has 2 atom stereocenters. The Morgan fingerprint density at radius 1 is 1.27 bits per heavy atom. The second-order valence-corrected chi connectivity index (χ2v) is 6.93. The van der Waals surface area contributed by atoms with E-state index in [2.05, 4.69) is 10.6 Å². The highest BCUT2D eigenvalue weighted by molar-refractivity contribution is 5.68. The van der Waals surface area contributed by atoms with E-state index in [1.54, 1.807) is 6.07 Å². The molecule has 1 fully saturated rings. The number of hydrogen-bond acceptors (Lipinski definition) is 3. The molecule has 0 spiro atoms. The van der Waals surface area contributed by atoms with E-state index < -0.39 is 5.60 Å². The molecule has 0 bridgehead atoms. The van der Waals surface area contributed by atoms with Gasteiger partial charge in [0.2, 0.25) is 0 Å². The average molecular weight is 308 g/mol. The van der Waals surface area contributed by atoms with E-state index in [-0.39, 0.29) is 24.0 Å². The molecule has 1 aromatic rings. The van der Waals surface area contributed by atoms with Gasteiger partial charge in [-0.25, -0.2) is 9.18 Å². The molecule has 0 aliphatic heterocycles. The van der Waals surface area contributed by atoms with Crippen LogP contribution in [-0.4, -0.2) is 23.8 Å². The van der Waals surface area contributed by atoms with Crippen LogP contribution in [0.4, 0.5) is 14.9 Å². The molecule has 1 aliphatic carbocycles. The van der Waals surface area contributed by atoms with Crippen LogP contribution in [0.15, 0.2) is 18.2 Å². The zero-order valence-electron chi connectivity index (χ0n) is 13.7. The van der Waals surface area contributed by atoms with Crippen LogP contribution in [0, 0.1) is 12.7 Å². The molecule has 0 heterocycles. The molecule has 2 rings (SSSR count). The fraction of sp³-hybridized carbons (Fsp3) is 0.588. The molecule has 4 nitrogen and oxygen atoms in total. The number of hydrogen-bond donors (Lipinski definition) is 2. The van der Waals surface area contributed by atoms with Gasteiger partial charge in [-0.3, -0.25) is 0 Å². The minimum absolute atomic E-state index is 0.0689. The molecule has 122 valence electrons. The third-order valence-corrected chi connectivity index (χ3v) is 3.72. The minimum atomic E-state index is -0.495. The SMILES string of the molecule is Cc1cccc(F)c1NC1CCC(NC(=O)OC(C)(C)C)C1. The number of anilines is 1. The largest absolute Gasteiger partial charge is 0.444 e. The predicted octanol–water partition coefficient (Wildman–Crippen LogP) is 3.99. The smallest absolute Gasteiger partial charge is 0.407 e. The van der Waals surface area contributed by atoms with Crippen molar-refractivity contribution in [3.8, 4) is 0 Å². The van der Waals surface area contributed by atoms with Crippen molar-refractivity contribution in [2.45, 2.75) is 64.6 Å². The molecule has 22 heavy (non-hydrogen) atoms. The molecule has 0 radical (unpaired) electrons. The summed E-state index contributed by atoms with van der Waals surface area (Å²) >= 11 is 0. The molecule has 1 aromatic carbocycles. The first-order chi connectivity index (χ1) is 10.2.